The van der Waals surface area contributed by atoms with Gasteiger partial charge >= 0.3 is 0 Å². The van der Waals surface area contributed by atoms with Crippen LogP contribution in [-0.2, 0) is 11.3 Å². The summed E-state index contributed by atoms with van der Waals surface area (Å²) >= 11 is 0. The van der Waals surface area contributed by atoms with Gasteiger partial charge in [-0.25, -0.2) is 0 Å². The number of carbonyl (C=O) groups excluding carboxylic acids is 1. The van der Waals surface area contributed by atoms with Crippen molar-refractivity contribution in [3.05, 3.63) is 70.3 Å². The molecule has 0 saturated heterocycles. The minimum Gasteiger partial charge on any atom is -0.382 e. The normalized spacial score (nSPS) is 16.3. The molecule has 2 N–H and O–H groups in total. The molecular weight excluding hydrogens is 292 g/mol. The van der Waals surface area contributed by atoms with Crippen LogP contribution < -0.4 is 10.9 Å². The quantitative estimate of drug-likeness (QED) is 0.834. The van der Waals surface area contributed by atoms with Gasteiger partial charge in [0.1, 0.15) is 0 Å². The molecule has 0 spiro atoms. The minimum atomic E-state index is -0.130. The predicted octanol–water partition coefficient (Wildman–Crippen LogP) is 1.33. The van der Waals surface area contributed by atoms with Gasteiger partial charge in [0.05, 0.1) is 29.8 Å². The molecule has 0 amide bonds. The van der Waals surface area contributed by atoms with E-state index in [4.69, 9.17) is 5.26 Å². The van der Waals surface area contributed by atoms with Crippen LogP contribution in [-0.4, -0.2) is 22.1 Å². The molecule has 3 rings (SSSR count). The van der Waals surface area contributed by atoms with Gasteiger partial charge in [-0.1, -0.05) is 24.3 Å². The third kappa shape index (κ3) is 2.99. The summed E-state index contributed by atoms with van der Waals surface area (Å²) in [4.78, 5) is 23.1. The fourth-order valence-corrected chi connectivity index (χ4v) is 2.39. The van der Waals surface area contributed by atoms with E-state index in [1.54, 1.807) is 42.7 Å². The lowest BCUT2D eigenvalue weighted by Crippen LogP contribution is -2.33. The van der Waals surface area contributed by atoms with Gasteiger partial charge < -0.3 is 10.4 Å². The van der Waals surface area contributed by atoms with Crippen LogP contribution in [0.5, 0.6) is 0 Å². The van der Waals surface area contributed by atoms with Crippen molar-refractivity contribution in [2.45, 2.75) is 12.6 Å². The number of hydrogen-bond acceptors (Lipinski definition) is 4. The number of nitrogens with one attached hydrogen (secondary N) is 2. The Labute approximate surface area is 132 Å². The van der Waals surface area contributed by atoms with Crippen molar-refractivity contribution in [3.8, 4) is 17.2 Å². The number of aromatic nitrogens is 2. The van der Waals surface area contributed by atoms with E-state index >= 15 is 0 Å². The maximum Gasteiger partial charge on any atom is 0.274 e. The van der Waals surface area contributed by atoms with Gasteiger partial charge in [0.2, 0.25) is 0 Å². The van der Waals surface area contributed by atoms with Gasteiger partial charge in [-0.3, -0.25) is 14.3 Å². The van der Waals surface area contributed by atoms with E-state index in [2.05, 4.69) is 16.5 Å². The second kappa shape index (κ2) is 6.20. The van der Waals surface area contributed by atoms with E-state index in [1.807, 2.05) is 6.08 Å². The first-order valence-corrected chi connectivity index (χ1v) is 7.09. The van der Waals surface area contributed by atoms with Crippen LogP contribution in [0.3, 0.4) is 0 Å². The molecule has 0 fully saturated rings. The van der Waals surface area contributed by atoms with Crippen LogP contribution in [0.4, 0.5) is 0 Å². The van der Waals surface area contributed by atoms with Gasteiger partial charge in [-0.15, -0.1) is 0 Å². The maximum atomic E-state index is 12.5. The number of dihydropyridines is 1. The molecule has 2 aromatic rings. The van der Waals surface area contributed by atoms with Crippen molar-refractivity contribution in [2.75, 3.05) is 0 Å². The van der Waals surface area contributed by atoms with Crippen LogP contribution in [0.15, 0.2) is 59.2 Å². The van der Waals surface area contributed by atoms with Gasteiger partial charge in [-0.05, 0) is 17.7 Å². The van der Waals surface area contributed by atoms with Gasteiger partial charge in [0.15, 0.2) is 6.29 Å². The monoisotopic (exact) mass is 306 g/mol. The number of rotatable bonds is 4. The third-order valence-corrected chi connectivity index (χ3v) is 3.67. The van der Waals surface area contributed by atoms with Crippen LogP contribution >= 0.6 is 0 Å². The van der Waals surface area contributed by atoms with E-state index in [0.29, 0.717) is 23.2 Å². The minimum absolute atomic E-state index is 0.0659. The molecule has 1 atom stereocenters. The number of hydrogen-bond donors (Lipinski definition) is 2. The first-order valence-electron chi connectivity index (χ1n) is 7.09. The molecule has 1 unspecified atom stereocenters. The molecule has 1 aliphatic rings. The highest BCUT2D eigenvalue weighted by Gasteiger charge is 2.13. The molecule has 6 nitrogen and oxygen atoms in total. The average molecular weight is 306 g/mol. The Morgan fingerprint density at radius 1 is 1.30 bits per heavy atom. The first-order chi connectivity index (χ1) is 11.2. The summed E-state index contributed by atoms with van der Waals surface area (Å²) in [5.41, 5.74) is 2.31. The van der Waals surface area contributed by atoms with Crippen molar-refractivity contribution in [3.63, 3.8) is 0 Å². The highest BCUT2D eigenvalue weighted by molar-refractivity contribution is 5.77. The highest BCUT2D eigenvalue weighted by Crippen LogP contribution is 2.15. The van der Waals surface area contributed by atoms with Crippen LogP contribution in [0.1, 0.15) is 5.56 Å². The fraction of sp³-hybridized carbons (Fsp3) is 0.118. The number of allylic oxidation sites excluding steroid dienone is 2. The zero-order valence-corrected chi connectivity index (χ0v) is 12.2. The number of benzene rings is 1. The molecule has 1 aliphatic heterocycles. The lowest BCUT2D eigenvalue weighted by Gasteiger charge is -2.16. The van der Waals surface area contributed by atoms with Crippen molar-refractivity contribution in [1.82, 2.24) is 15.1 Å². The van der Waals surface area contributed by atoms with Gasteiger partial charge in [0.25, 0.3) is 5.56 Å². The number of nitrogens with zero attached hydrogens (tertiary/aromatic N) is 2. The molecule has 1 aromatic carbocycles. The third-order valence-electron chi connectivity index (χ3n) is 3.67. The van der Waals surface area contributed by atoms with E-state index in [1.165, 1.54) is 4.68 Å². The summed E-state index contributed by atoms with van der Waals surface area (Å²) in [7, 11) is 0. The van der Waals surface area contributed by atoms with Crippen molar-refractivity contribution < 1.29 is 4.79 Å². The Morgan fingerprint density at radius 3 is 2.70 bits per heavy atom. The summed E-state index contributed by atoms with van der Waals surface area (Å²) in [5.74, 6) is 0. The number of carbonyl (C=O) groups is 1. The zero-order chi connectivity index (χ0) is 16.2. The molecule has 2 heterocycles. The summed E-state index contributed by atoms with van der Waals surface area (Å²) in [6.07, 6.45) is 7.63. The fourth-order valence-electron chi connectivity index (χ4n) is 2.39. The number of aldehydes is 1. The van der Waals surface area contributed by atoms with Crippen LogP contribution in [0, 0.1) is 11.3 Å². The molecule has 0 radical (unpaired) electrons. The zero-order valence-electron chi connectivity index (χ0n) is 12.2. The number of nitriles is 1. The molecule has 23 heavy (non-hydrogen) atoms. The standard InChI is InChI=1S/C17H14N4O2/c18-7-12-1-4-14(5-2-12)16-9-20-21(17(16)23)10-15-6-3-13(11-22)8-19-15/h1-6,8-9,11,15,19-20H,10H2. The Hall–Kier alpha value is -3.33. The number of aromatic amines is 1. The smallest absolute Gasteiger partial charge is 0.274 e. The Kier molecular flexibility index (Phi) is 3.93. The molecule has 0 saturated carbocycles. The Balaban J connectivity index is 1.79. The van der Waals surface area contributed by atoms with E-state index in [-0.39, 0.29) is 11.6 Å². The summed E-state index contributed by atoms with van der Waals surface area (Å²) in [5, 5.41) is 14.8. The van der Waals surface area contributed by atoms with E-state index in [0.717, 1.165) is 11.8 Å². The largest absolute Gasteiger partial charge is 0.382 e. The van der Waals surface area contributed by atoms with E-state index < -0.39 is 0 Å². The second-order valence-electron chi connectivity index (χ2n) is 5.19. The topological polar surface area (TPSA) is 90.7 Å². The summed E-state index contributed by atoms with van der Waals surface area (Å²) < 4.78 is 1.51. The molecular formula is C17H14N4O2. The molecule has 6 heteroatoms. The highest BCUT2D eigenvalue weighted by atomic mass is 16.1. The Bertz CT molecular complexity index is 879. The lowest BCUT2D eigenvalue weighted by molar-refractivity contribution is -0.104. The SMILES string of the molecule is N#Cc1ccc(-c2c[nH]n(CC3C=CC(C=O)=CN3)c2=O)cc1. The van der Waals surface area contributed by atoms with Gasteiger partial charge in [0, 0.05) is 18.0 Å². The predicted molar refractivity (Wildman–Crippen MR) is 85.4 cm³/mol. The van der Waals surface area contributed by atoms with Crippen molar-refractivity contribution >= 4 is 6.29 Å². The Morgan fingerprint density at radius 2 is 2.09 bits per heavy atom. The van der Waals surface area contributed by atoms with Crippen LogP contribution in [0.25, 0.3) is 11.1 Å². The number of H-pyrrole nitrogens is 1. The summed E-state index contributed by atoms with van der Waals surface area (Å²) in [6.45, 7) is 0.425. The lowest BCUT2D eigenvalue weighted by atomic mass is 10.1. The molecule has 1 aromatic heterocycles. The molecule has 0 bridgehead atoms. The van der Waals surface area contributed by atoms with E-state index in [9.17, 15) is 9.59 Å². The van der Waals surface area contributed by atoms with Crippen molar-refractivity contribution in [1.29, 1.82) is 5.26 Å². The average Bonchev–Trinajstić information content (AvgIpc) is 2.96. The van der Waals surface area contributed by atoms with Crippen LogP contribution in [0.2, 0.25) is 0 Å². The summed E-state index contributed by atoms with van der Waals surface area (Å²) in [6, 6.07) is 8.86. The van der Waals surface area contributed by atoms with Gasteiger partial charge in [-0.2, -0.15) is 5.26 Å². The molecule has 114 valence electrons. The maximum absolute atomic E-state index is 12.5. The molecule has 0 aliphatic carbocycles. The first kappa shape index (κ1) is 14.6. The van der Waals surface area contributed by atoms with Crippen molar-refractivity contribution in [2.24, 2.45) is 0 Å². The second-order valence-corrected chi connectivity index (χ2v) is 5.19.